The third-order valence-electron chi connectivity index (χ3n) is 2.94. The highest BCUT2D eigenvalue weighted by Gasteiger charge is 2.29. The molecule has 0 radical (unpaired) electrons. The molecule has 1 aromatic carbocycles. The number of guanidine groups is 1. The number of nitrogens with zero attached hydrogens (tertiary/aromatic N) is 2. The minimum Gasteiger partial charge on any atom is -0.444 e. The third kappa shape index (κ3) is 8.01. The maximum absolute atomic E-state index is 12.6. The first-order chi connectivity index (χ1) is 12.8. The molecule has 2 amide bonds. The van der Waals surface area contributed by atoms with E-state index in [0.29, 0.717) is 5.56 Å². The van der Waals surface area contributed by atoms with E-state index < -0.39 is 29.3 Å². The first-order valence-corrected chi connectivity index (χ1v) is 8.56. The molecule has 0 heterocycles. The summed E-state index contributed by atoms with van der Waals surface area (Å²) in [6, 6.07) is 6.36. The molecule has 0 bridgehead atoms. The van der Waals surface area contributed by atoms with Crippen LogP contribution in [0, 0.1) is 5.41 Å². The molecule has 0 aliphatic heterocycles. The lowest BCUT2D eigenvalue weighted by Gasteiger charge is -2.28. The fourth-order valence-electron chi connectivity index (χ4n) is 1.96. The Kier molecular flexibility index (Phi) is 7.46. The van der Waals surface area contributed by atoms with Crippen LogP contribution in [-0.2, 0) is 20.8 Å². The van der Waals surface area contributed by atoms with Gasteiger partial charge >= 0.3 is 12.2 Å². The fourth-order valence-corrected chi connectivity index (χ4v) is 1.96. The number of benzene rings is 1. The van der Waals surface area contributed by atoms with Crippen LogP contribution in [0.4, 0.5) is 15.3 Å². The molecule has 9 nitrogen and oxygen atoms in total. The molecule has 0 unspecified atom stereocenters. The number of nitrogens with one attached hydrogen (secondary N) is 2. The fraction of sp³-hybridized carbons (Fsp3) is 0.474. The van der Waals surface area contributed by atoms with Crippen LogP contribution in [0.2, 0.25) is 0 Å². The van der Waals surface area contributed by atoms with Crippen molar-refractivity contribution >= 4 is 29.9 Å². The van der Waals surface area contributed by atoms with Crippen LogP contribution in [0.15, 0.2) is 29.3 Å². The van der Waals surface area contributed by atoms with Crippen LogP contribution in [0.1, 0.15) is 47.1 Å². The van der Waals surface area contributed by atoms with E-state index in [1.807, 2.05) is 0 Å². The molecule has 0 aromatic heterocycles. The van der Waals surface area contributed by atoms with Crippen molar-refractivity contribution in [3.05, 3.63) is 29.8 Å². The Morgan fingerprint density at radius 1 is 1.07 bits per heavy atom. The van der Waals surface area contributed by atoms with E-state index in [1.165, 1.54) is 6.08 Å². The maximum atomic E-state index is 12.6. The Balaban J connectivity index is 3.11. The van der Waals surface area contributed by atoms with Gasteiger partial charge in [0.1, 0.15) is 11.2 Å². The molecule has 28 heavy (non-hydrogen) atoms. The number of anilines is 1. The Hall–Kier alpha value is -3.19. The monoisotopic (exact) mass is 390 g/mol. The second kappa shape index (κ2) is 9.14. The average molecular weight is 390 g/mol. The van der Waals surface area contributed by atoms with Gasteiger partial charge in [-0.05, 0) is 59.2 Å². The molecule has 0 saturated carbocycles. The van der Waals surface area contributed by atoms with Gasteiger partial charge in [-0.3, -0.25) is 10.7 Å². The number of rotatable bonds is 3. The maximum Gasteiger partial charge on any atom is 0.421 e. The molecule has 0 aliphatic carbocycles. The van der Waals surface area contributed by atoms with E-state index in [2.05, 4.69) is 10.3 Å². The predicted molar refractivity (Wildman–Crippen MR) is 104 cm³/mol. The largest absolute Gasteiger partial charge is 0.444 e. The molecule has 1 rings (SSSR count). The second-order valence-corrected chi connectivity index (χ2v) is 7.87. The number of carbonyl (C=O) groups is 2. The molecule has 152 valence electrons. The molecule has 0 aliphatic rings. The highest BCUT2D eigenvalue weighted by atomic mass is 16.6. The average Bonchev–Trinajstić information content (AvgIpc) is 2.50. The van der Waals surface area contributed by atoms with Gasteiger partial charge in [-0.25, -0.2) is 24.3 Å². The van der Waals surface area contributed by atoms with Crippen LogP contribution in [-0.4, -0.2) is 35.4 Å². The van der Waals surface area contributed by atoms with Gasteiger partial charge in [0.25, 0.3) is 0 Å². The number of alkyl carbamates (subject to hydrolysis) is 1. The highest BCUT2D eigenvalue weighted by Crippen LogP contribution is 2.20. The summed E-state index contributed by atoms with van der Waals surface area (Å²) in [5.41, 5.74) is -0.570. The van der Waals surface area contributed by atoms with Gasteiger partial charge in [-0.2, -0.15) is 0 Å². The van der Waals surface area contributed by atoms with Crippen LogP contribution >= 0.6 is 0 Å². The molecular formula is C19H26N4O5. The van der Waals surface area contributed by atoms with E-state index in [-0.39, 0.29) is 12.2 Å². The number of amides is 2. The van der Waals surface area contributed by atoms with Gasteiger partial charge in [0.05, 0.1) is 12.2 Å². The van der Waals surface area contributed by atoms with E-state index in [4.69, 9.17) is 14.9 Å². The smallest absolute Gasteiger partial charge is 0.421 e. The predicted octanol–water partition coefficient (Wildman–Crippen LogP) is 3.72. The number of aliphatic imine (C=N–C) groups is 1. The summed E-state index contributed by atoms with van der Waals surface area (Å²) < 4.78 is 10.5. The summed E-state index contributed by atoms with van der Waals surface area (Å²) in [6.45, 7) is 10.3. The number of ether oxygens (including phenoxy) is 2. The van der Waals surface area contributed by atoms with E-state index in [1.54, 1.807) is 65.8 Å². The lowest BCUT2D eigenvalue weighted by molar-refractivity contribution is 0.0559. The Labute approximate surface area is 164 Å². The van der Waals surface area contributed by atoms with E-state index in [9.17, 15) is 14.4 Å². The second-order valence-electron chi connectivity index (χ2n) is 7.87. The van der Waals surface area contributed by atoms with Crippen LogP contribution in [0.3, 0.4) is 0 Å². The Morgan fingerprint density at radius 3 is 2.07 bits per heavy atom. The molecule has 0 fully saturated rings. The number of hydrogen-bond acceptors (Lipinski definition) is 7. The van der Waals surface area contributed by atoms with Crippen molar-refractivity contribution in [1.29, 1.82) is 5.41 Å². The van der Waals surface area contributed by atoms with Crippen molar-refractivity contribution in [2.45, 2.75) is 59.3 Å². The van der Waals surface area contributed by atoms with Crippen molar-refractivity contribution in [1.82, 2.24) is 5.32 Å². The molecule has 1 aromatic rings. The van der Waals surface area contributed by atoms with E-state index >= 15 is 0 Å². The lowest BCUT2D eigenvalue weighted by atomic mass is 10.2. The zero-order valence-electron chi connectivity index (χ0n) is 17.0. The lowest BCUT2D eigenvalue weighted by Crippen LogP contribution is -2.49. The van der Waals surface area contributed by atoms with Gasteiger partial charge in [0, 0.05) is 0 Å². The minimum absolute atomic E-state index is 0.143. The Bertz CT molecular complexity index is 769. The van der Waals surface area contributed by atoms with Gasteiger partial charge in [-0.1, -0.05) is 12.1 Å². The Morgan fingerprint density at radius 2 is 1.61 bits per heavy atom. The first kappa shape index (κ1) is 22.9. The number of isocyanates is 1. The summed E-state index contributed by atoms with van der Waals surface area (Å²) in [4.78, 5) is 39.2. The summed E-state index contributed by atoms with van der Waals surface area (Å²) in [5, 5.41) is 10.4. The van der Waals surface area contributed by atoms with Crippen LogP contribution < -0.4 is 10.2 Å². The summed E-state index contributed by atoms with van der Waals surface area (Å²) in [7, 11) is 0. The van der Waals surface area contributed by atoms with Crippen molar-refractivity contribution in [3.8, 4) is 0 Å². The van der Waals surface area contributed by atoms with Gasteiger partial charge in [-0.15, -0.1) is 0 Å². The molecule has 2 N–H and O–H groups in total. The van der Waals surface area contributed by atoms with Crippen molar-refractivity contribution in [2.24, 2.45) is 4.99 Å². The van der Waals surface area contributed by atoms with Crippen molar-refractivity contribution in [2.75, 3.05) is 4.90 Å². The first-order valence-electron chi connectivity index (χ1n) is 8.56. The number of hydrogen-bond donors (Lipinski definition) is 2. The van der Waals surface area contributed by atoms with Crippen LogP contribution in [0.5, 0.6) is 0 Å². The molecular weight excluding hydrogens is 364 g/mol. The van der Waals surface area contributed by atoms with Crippen molar-refractivity contribution < 1.29 is 23.9 Å². The zero-order chi connectivity index (χ0) is 21.5. The quantitative estimate of drug-likeness (QED) is 0.463. The number of carbonyl (C=O) groups excluding carboxylic acids is 3. The summed E-state index contributed by atoms with van der Waals surface area (Å²) in [5.74, 6) is -0.526. The molecule has 0 spiro atoms. The zero-order valence-corrected chi connectivity index (χ0v) is 17.0. The van der Waals surface area contributed by atoms with Crippen LogP contribution in [0.25, 0.3) is 0 Å². The molecule has 9 heteroatoms. The third-order valence-corrected chi connectivity index (χ3v) is 2.94. The summed E-state index contributed by atoms with van der Waals surface area (Å²) in [6.07, 6.45) is -0.262. The van der Waals surface area contributed by atoms with Gasteiger partial charge in [0.15, 0.2) is 0 Å². The minimum atomic E-state index is -0.872. The topological polar surface area (TPSA) is 121 Å². The SMILES string of the molecule is CC(C)(C)OC(=O)NC(=N)N(C(=O)OC(C)(C)C)c1ccc(CN=C=O)cc1. The highest BCUT2D eigenvalue weighted by molar-refractivity contribution is 6.15. The van der Waals surface area contributed by atoms with Gasteiger partial charge in [0.2, 0.25) is 12.0 Å². The molecule has 0 atom stereocenters. The summed E-state index contributed by atoms with van der Waals surface area (Å²) >= 11 is 0. The standard InChI is InChI=1S/C19H26N4O5/c1-18(2,3)27-16(25)22-15(20)23(17(26)28-19(4,5)6)14-9-7-13(8-10-14)11-21-12-24/h7-10H,11H2,1-6H3,(H2,20,22,25). The molecule has 0 saturated heterocycles. The normalized spacial score (nSPS) is 11.1. The van der Waals surface area contributed by atoms with Gasteiger partial charge < -0.3 is 9.47 Å². The van der Waals surface area contributed by atoms with Crippen molar-refractivity contribution in [3.63, 3.8) is 0 Å². The van der Waals surface area contributed by atoms with E-state index in [0.717, 1.165) is 4.90 Å².